The van der Waals surface area contributed by atoms with Crippen LogP contribution in [-0.2, 0) is 6.42 Å². The highest BCUT2D eigenvalue weighted by molar-refractivity contribution is 5.50. The van der Waals surface area contributed by atoms with Gasteiger partial charge in [0.1, 0.15) is 0 Å². The molecule has 3 heteroatoms. The molecule has 2 N–H and O–H groups in total. The maximum absolute atomic E-state index is 8.93. The molecule has 0 aliphatic carbocycles. The van der Waals surface area contributed by atoms with Gasteiger partial charge in [0.25, 0.3) is 0 Å². The third-order valence-corrected chi connectivity index (χ3v) is 3.65. The fraction of sp³-hybridized carbons (Fsp3) is 0.333. The maximum atomic E-state index is 8.93. The normalized spacial score (nSPS) is 12.0. The third kappa shape index (κ3) is 4.23. The minimum Gasteiger partial charge on any atom is -0.396 e. The van der Waals surface area contributed by atoms with Crippen LogP contribution in [0, 0.1) is 0 Å². The molecular weight excluding hydrogens is 260 g/mol. The third-order valence-electron chi connectivity index (χ3n) is 3.65. The topological polar surface area (TPSA) is 35.5 Å². The highest BCUT2D eigenvalue weighted by atomic mass is 16.2. The predicted octanol–water partition coefficient (Wildman–Crippen LogP) is 3.46. The molecule has 0 aliphatic rings. The minimum absolute atomic E-state index is 0.196. The van der Waals surface area contributed by atoms with E-state index in [0.29, 0.717) is 6.42 Å². The van der Waals surface area contributed by atoms with Crippen LogP contribution >= 0.6 is 0 Å². The number of nitrogens with one attached hydrogen (secondary N) is 1. The van der Waals surface area contributed by atoms with Crippen molar-refractivity contribution in [3.63, 3.8) is 0 Å². The molecule has 1 unspecified atom stereocenters. The van der Waals surface area contributed by atoms with Crippen LogP contribution in [-0.4, -0.2) is 25.8 Å². The number of rotatable bonds is 6. The van der Waals surface area contributed by atoms with E-state index in [1.54, 1.807) is 0 Å². The van der Waals surface area contributed by atoms with Gasteiger partial charge in [-0.2, -0.15) is 0 Å². The highest BCUT2D eigenvalue weighted by Gasteiger charge is 2.06. The number of aliphatic hydroxyl groups excluding tert-OH is 1. The first-order valence-electron chi connectivity index (χ1n) is 7.34. The molecule has 1 atom stereocenters. The zero-order chi connectivity index (χ0) is 15.2. The van der Waals surface area contributed by atoms with Crippen LogP contribution in [0.15, 0.2) is 48.5 Å². The van der Waals surface area contributed by atoms with Crippen molar-refractivity contribution < 1.29 is 5.11 Å². The van der Waals surface area contributed by atoms with Gasteiger partial charge >= 0.3 is 0 Å². The van der Waals surface area contributed by atoms with Crippen LogP contribution in [0.4, 0.5) is 11.4 Å². The molecule has 21 heavy (non-hydrogen) atoms. The van der Waals surface area contributed by atoms with Gasteiger partial charge in [0, 0.05) is 38.1 Å². The summed E-state index contributed by atoms with van der Waals surface area (Å²) in [5.41, 5.74) is 4.73. The summed E-state index contributed by atoms with van der Waals surface area (Å²) in [6.07, 6.45) is 0.710. The van der Waals surface area contributed by atoms with E-state index in [2.05, 4.69) is 65.7 Å². The van der Waals surface area contributed by atoms with Crippen LogP contribution < -0.4 is 10.2 Å². The Hall–Kier alpha value is -2.00. The van der Waals surface area contributed by atoms with Crippen molar-refractivity contribution in [2.75, 3.05) is 30.9 Å². The molecule has 0 saturated carbocycles. The average molecular weight is 284 g/mol. The molecule has 0 heterocycles. The monoisotopic (exact) mass is 284 g/mol. The van der Waals surface area contributed by atoms with Crippen LogP contribution in [0.3, 0.4) is 0 Å². The predicted molar refractivity (Wildman–Crippen MR) is 90.0 cm³/mol. The highest BCUT2D eigenvalue weighted by Crippen LogP contribution is 2.22. The summed E-state index contributed by atoms with van der Waals surface area (Å²) >= 11 is 0. The van der Waals surface area contributed by atoms with Crippen LogP contribution in [0.2, 0.25) is 0 Å². The molecule has 0 fully saturated rings. The lowest BCUT2D eigenvalue weighted by atomic mass is 10.1. The number of hydrogen-bond donors (Lipinski definition) is 2. The van der Waals surface area contributed by atoms with Crippen LogP contribution in [0.25, 0.3) is 0 Å². The van der Waals surface area contributed by atoms with Gasteiger partial charge in [-0.25, -0.2) is 0 Å². The van der Waals surface area contributed by atoms with E-state index in [-0.39, 0.29) is 12.6 Å². The quantitative estimate of drug-likeness (QED) is 0.852. The summed E-state index contributed by atoms with van der Waals surface area (Å²) in [5, 5.41) is 12.4. The number of nitrogens with zero attached hydrogens (tertiary/aromatic N) is 1. The lowest BCUT2D eigenvalue weighted by molar-refractivity contribution is 0.299. The van der Waals surface area contributed by atoms with Crippen molar-refractivity contribution in [1.82, 2.24) is 0 Å². The molecule has 2 aromatic carbocycles. The van der Waals surface area contributed by atoms with Crippen molar-refractivity contribution in [1.29, 1.82) is 0 Å². The molecule has 112 valence electrons. The molecule has 0 saturated heterocycles. The first-order chi connectivity index (χ1) is 10.1. The van der Waals surface area contributed by atoms with Gasteiger partial charge < -0.3 is 15.3 Å². The minimum atomic E-state index is 0.196. The lowest BCUT2D eigenvalue weighted by Gasteiger charge is -2.18. The lowest BCUT2D eigenvalue weighted by Crippen LogP contribution is -2.10. The van der Waals surface area contributed by atoms with E-state index in [1.165, 1.54) is 11.3 Å². The van der Waals surface area contributed by atoms with E-state index < -0.39 is 0 Å². The first-order valence-corrected chi connectivity index (χ1v) is 7.34. The summed E-state index contributed by atoms with van der Waals surface area (Å²) in [6.45, 7) is 2.35. The first kappa shape index (κ1) is 15.4. The second-order valence-corrected chi connectivity index (χ2v) is 5.52. The molecule has 0 aliphatic heterocycles. The Balaban J connectivity index is 2.01. The Morgan fingerprint density at radius 2 is 1.62 bits per heavy atom. The molecule has 2 rings (SSSR count). The van der Waals surface area contributed by atoms with Gasteiger partial charge in [-0.15, -0.1) is 0 Å². The molecule has 0 radical (unpaired) electrons. The van der Waals surface area contributed by atoms with Crippen LogP contribution in [0.5, 0.6) is 0 Å². The largest absolute Gasteiger partial charge is 0.396 e. The van der Waals surface area contributed by atoms with E-state index in [9.17, 15) is 0 Å². The molecule has 0 spiro atoms. The fourth-order valence-electron chi connectivity index (χ4n) is 2.29. The van der Waals surface area contributed by atoms with Crippen molar-refractivity contribution in [2.45, 2.75) is 19.4 Å². The fourth-order valence-corrected chi connectivity index (χ4v) is 2.29. The van der Waals surface area contributed by atoms with E-state index >= 15 is 0 Å². The summed E-state index contributed by atoms with van der Waals surface area (Å²) in [6, 6.07) is 17.1. The standard InChI is InChI=1S/C18H24N2O/c1-14(16-6-10-18(11-7-16)20(2)3)19-17-8-4-15(5-9-17)12-13-21/h4-11,14,19,21H,12-13H2,1-3H3. The second kappa shape index (κ2) is 7.14. The molecule has 3 nitrogen and oxygen atoms in total. The number of hydrogen-bond acceptors (Lipinski definition) is 3. The molecule has 0 bridgehead atoms. The Labute approximate surface area is 127 Å². The van der Waals surface area contributed by atoms with E-state index in [0.717, 1.165) is 11.3 Å². The van der Waals surface area contributed by atoms with E-state index in [4.69, 9.17) is 5.11 Å². The Bertz CT molecular complexity index is 546. The van der Waals surface area contributed by atoms with Gasteiger partial charge in [-0.05, 0) is 48.7 Å². The van der Waals surface area contributed by atoms with E-state index in [1.807, 2.05) is 14.1 Å². The Morgan fingerprint density at radius 3 is 2.14 bits per heavy atom. The number of benzene rings is 2. The summed E-state index contributed by atoms with van der Waals surface area (Å²) in [5.74, 6) is 0. The second-order valence-electron chi connectivity index (χ2n) is 5.52. The number of aliphatic hydroxyl groups is 1. The Morgan fingerprint density at radius 1 is 1.00 bits per heavy atom. The maximum Gasteiger partial charge on any atom is 0.0485 e. The molecule has 2 aromatic rings. The summed E-state index contributed by atoms with van der Waals surface area (Å²) in [4.78, 5) is 2.10. The molecule has 0 amide bonds. The summed E-state index contributed by atoms with van der Waals surface area (Å²) < 4.78 is 0. The zero-order valence-electron chi connectivity index (χ0n) is 13.0. The molecular formula is C18H24N2O. The van der Waals surface area contributed by atoms with Crippen molar-refractivity contribution >= 4 is 11.4 Å². The van der Waals surface area contributed by atoms with Gasteiger partial charge in [-0.1, -0.05) is 24.3 Å². The average Bonchev–Trinajstić information content (AvgIpc) is 2.49. The van der Waals surface area contributed by atoms with Gasteiger partial charge in [0.05, 0.1) is 0 Å². The van der Waals surface area contributed by atoms with Gasteiger partial charge in [-0.3, -0.25) is 0 Å². The Kier molecular flexibility index (Phi) is 5.23. The van der Waals surface area contributed by atoms with Gasteiger partial charge in [0.2, 0.25) is 0 Å². The van der Waals surface area contributed by atoms with Crippen LogP contribution in [0.1, 0.15) is 24.1 Å². The van der Waals surface area contributed by atoms with Crippen molar-refractivity contribution in [3.8, 4) is 0 Å². The van der Waals surface area contributed by atoms with Crippen molar-refractivity contribution in [3.05, 3.63) is 59.7 Å². The smallest absolute Gasteiger partial charge is 0.0485 e. The number of anilines is 2. The zero-order valence-corrected chi connectivity index (χ0v) is 13.0. The summed E-state index contributed by atoms with van der Waals surface area (Å²) in [7, 11) is 4.09. The molecule has 0 aromatic heterocycles. The van der Waals surface area contributed by atoms with Crippen molar-refractivity contribution in [2.24, 2.45) is 0 Å². The van der Waals surface area contributed by atoms with Gasteiger partial charge in [0.15, 0.2) is 0 Å². The SMILES string of the molecule is CC(Nc1ccc(CCO)cc1)c1ccc(N(C)C)cc1.